The minimum absolute atomic E-state index is 0.233. The Hall–Kier alpha value is -0.760. The maximum absolute atomic E-state index is 10.0. The quantitative estimate of drug-likeness (QED) is 0.850. The third kappa shape index (κ3) is 2.42. The summed E-state index contributed by atoms with van der Waals surface area (Å²) < 4.78 is 2.43. The van der Waals surface area contributed by atoms with Crippen molar-refractivity contribution in [3.63, 3.8) is 0 Å². The lowest BCUT2D eigenvalue weighted by atomic mass is 9.89. The smallest absolute Gasteiger partial charge is 0.0807 e. The molecule has 0 spiro atoms. The lowest BCUT2D eigenvalue weighted by Crippen LogP contribution is -2.22. The second-order valence-corrected chi connectivity index (χ2v) is 6.20. The van der Waals surface area contributed by atoms with E-state index in [-0.39, 0.29) is 6.10 Å². The molecule has 0 bridgehead atoms. The molecule has 1 N–H and O–H groups in total. The Kier molecular flexibility index (Phi) is 3.35. The van der Waals surface area contributed by atoms with Crippen molar-refractivity contribution in [2.45, 2.75) is 66.0 Å². The van der Waals surface area contributed by atoms with Gasteiger partial charge in [-0.25, -0.2) is 0 Å². The fraction of sp³-hybridized carbons (Fsp3) is 0.733. The van der Waals surface area contributed by atoms with Crippen molar-refractivity contribution < 1.29 is 5.11 Å². The Labute approximate surface area is 105 Å². The van der Waals surface area contributed by atoms with E-state index in [4.69, 9.17) is 0 Å². The van der Waals surface area contributed by atoms with Gasteiger partial charge in [-0.3, -0.25) is 0 Å². The summed E-state index contributed by atoms with van der Waals surface area (Å²) in [6.07, 6.45) is 4.11. The average molecular weight is 235 g/mol. The van der Waals surface area contributed by atoms with Crippen molar-refractivity contribution in [2.24, 2.45) is 5.41 Å². The van der Waals surface area contributed by atoms with Crippen molar-refractivity contribution in [1.82, 2.24) is 4.57 Å². The maximum atomic E-state index is 10.0. The Morgan fingerprint density at radius 1 is 1.47 bits per heavy atom. The molecule has 1 aliphatic rings. The third-order valence-electron chi connectivity index (χ3n) is 4.24. The van der Waals surface area contributed by atoms with Crippen molar-refractivity contribution in [1.29, 1.82) is 0 Å². The van der Waals surface area contributed by atoms with E-state index in [0.717, 1.165) is 25.8 Å². The van der Waals surface area contributed by atoms with Gasteiger partial charge >= 0.3 is 0 Å². The van der Waals surface area contributed by atoms with Gasteiger partial charge in [-0.15, -0.1) is 0 Å². The summed E-state index contributed by atoms with van der Waals surface area (Å²) in [7, 11) is 0. The number of fused-ring (bicyclic) bond motifs is 1. The van der Waals surface area contributed by atoms with Crippen molar-refractivity contribution >= 4 is 0 Å². The molecule has 2 heteroatoms. The van der Waals surface area contributed by atoms with Crippen LogP contribution >= 0.6 is 0 Å². The van der Waals surface area contributed by atoms with Crippen LogP contribution in [0.2, 0.25) is 0 Å². The largest absolute Gasteiger partial charge is 0.388 e. The SMILES string of the molecule is CCC(C)(C)Cn1c(C)cc2c1CCCC2O. The average Bonchev–Trinajstić information content (AvgIpc) is 2.58. The minimum atomic E-state index is -0.233. The molecular formula is C15H25NO. The minimum Gasteiger partial charge on any atom is -0.388 e. The van der Waals surface area contributed by atoms with E-state index >= 15 is 0 Å². The maximum Gasteiger partial charge on any atom is 0.0807 e. The van der Waals surface area contributed by atoms with Gasteiger partial charge in [0, 0.05) is 23.5 Å². The van der Waals surface area contributed by atoms with Gasteiger partial charge in [0.05, 0.1) is 6.10 Å². The van der Waals surface area contributed by atoms with Crippen LogP contribution in [0.4, 0.5) is 0 Å². The highest BCUT2D eigenvalue weighted by molar-refractivity contribution is 5.31. The molecule has 1 atom stereocenters. The summed E-state index contributed by atoms with van der Waals surface area (Å²) in [5.74, 6) is 0. The Balaban J connectivity index is 2.35. The van der Waals surface area contributed by atoms with Crippen LogP contribution in [0.1, 0.15) is 63.1 Å². The highest BCUT2D eigenvalue weighted by Crippen LogP contribution is 2.34. The zero-order chi connectivity index (χ0) is 12.6. The van der Waals surface area contributed by atoms with Crippen molar-refractivity contribution in [3.8, 4) is 0 Å². The van der Waals surface area contributed by atoms with E-state index in [9.17, 15) is 5.11 Å². The van der Waals surface area contributed by atoms with Crippen LogP contribution < -0.4 is 0 Å². The number of hydrogen-bond acceptors (Lipinski definition) is 1. The summed E-state index contributed by atoms with van der Waals surface area (Å²) in [5.41, 5.74) is 4.20. The fourth-order valence-corrected chi connectivity index (χ4v) is 2.70. The highest BCUT2D eigenvalue weighted by Gasteiger charge is 2.25. The number of rotatable bonds is 3. The first kappa shape index (κ1) is 12.7. The van der Waals surface area contributed by atoms with Crippen LogP contribution in [0.25, 0.3) is 0 Å². The molecule has 1 unspecified atom stereocenters. The molecule has 96 valence electrons. The second-order valence-electron chi connectivity index (χ2n) is 6.20. The zero-order valence-corrected chi connectivity index (χ0v) is 11.6. The predicted molar refractivity (Wildman–Crippen MR) is 71.1 cm³/mol. The molecule has 0 saturated carbocycles. The van der Waals surface area contributed by atoms with Crippen LogP contribution in [0.3, 0.4) is 0 Å². The lowest BCUT2D eigenvalue weighted by Gasteiger charge is -2.27. The van der Waals surface area contributed by atoms with Gasteiger partial charge < -0.3 is 9.67 Å². The normalized spacial score (nSPS) is 20.4. The first-order valence-corrected chi connectivity index (χ1v) is 6.81. The van der Waals surface area contributed by atoms with Gasteiger partial charge in [-0.05, 0) is 44.1 Å². The number of nitrogens with zero attached hydrogens (tertiary/aromatic N) is 1. The van der Waals surface area contributed by atoms with Crippen LogP contribution in [-0.4, -0.2) is 9.67 Å². The van der Waals surface area contributed by atoms with Gasteiger partial charge in [-0.1, -0.05) is 20.8 Å². The Morgan fingerprint density at radius 3 is 2.82 bits per heavy atom. The summed E-state index contributed by atoms with van der Waals surface area (Å²) in [4.78, 5) is 0. The van der Waals surface area contributed by atoms with Gasteiger partial charge in [0.1, 0.15) is 0 Å². The molecule has 0 aliphatic heterocycles. The first-order chi connectivity index (χ1) is 7.94. The number of hydrogen-bond donors (Lipinski definition) is 1. The van der Waals surface area contributed by atoms with Crippen LogP contribution in [0.15, 0.2) is 6.07 Å². The van der Waals surface area contributed by atoms with E-state index in [0.29, 0.717) is 5.41 Å². The van der Waals surface area contributed by atoms with Gasteiger partial charge in [0.25, 0.3) is 0 Å². The molecule has 0 fully saturated rings. The Bertz CT molecular complexity index is 403. The summed E-state index contributed by atoms with van der Waals surface area (Å²) in [5, 5.41) is 10.0. The van der Waals surface area contributed by atoms with E-state index in [1.807, 2.05) is 0 Å². The molecule has 2 rings (SSSR count). The number of aliphatic hydroxyl groups is 1. The standard InChI is InChI=1S/C15H25NO/c1-5-15(3,4)10-16-11(2)9-12-13(16)7-6-8-14(12)17/h9,14,17H,5-8,10H2,1-4H3. The van der Waals surface area contributed by atoms with Crippen LogP contribution in [-0.2, 0) is 13.0 Å². The van der Waals surface area contributed by atoms with E-state index in [1.165, 1.54) is 23.4 Å². The third-order valence-corrected chi connectivity index (χ3v) is 4.24. The second kappa shape index (κ2) is 4.49. The van der Waals surface area contributed by atoms with Crippen molar-refractivity contribution in [3.05, 3.63) is 23.0 Å². The number of aromatic nitrogens is 1. The van der Waals surface area contributed by atoms with E-state index in [1.54, 1.807) is 0 Å². The molecule has 2 nitrogen and oxygen atoms in total. The van der Waals surface area contributed by atoms with E-state index < -0.39 is 0 Å². The number of aliphatic hydroxyl groups excluding tert-OH is 1. The first-order valence-electron chi connectivity index (χ1n) is 6.81. The fourth-order valence-electron chi connectivity index (χ4n) is 2.70. The molecule has 0 aromatic carbocycles. The predicted octanol–water partition coefficient (Wildman–Crippen LogP) is 3.60. The van der Waals surface area contributed by atoms with Crippen molar-refractivity contribution in [2.75, 3.05) is 0 Å². The monoisotopic (exact) mass is 235 g/mol. The van der Waals surface area contributed by atoms with Crippen LogP contribution in [0.5, 0.6) is 0 Å². The molecule has 1 aromatic rings. The zero-order valence-electron chi connectivity index (χ0n) is 11.6. The molecule has 1 aromatic heterocycles. The highest BCUT2D eigenvalue weighted by atomic mass is 16.3. The molecule has 0 radical (unpaired) electrons. The van der Waals surface area contributed by atoms with Gasteiger partial charge in [-0.2, -0.15) is 0 Å². The van der Waals surface area contributed by atoms with Crippen LogP contribution in [0, 0.1) is 12.3 Å². The summed E-state index contributed by atoms with van der Waals surface area (Å²) in [6, 6.07) is 2.19. The molecule has 0 amide bonds. The van der Waals surface area contributed by atoms with E-state index in [2.05, 4.69) is 38.3 Å². The lowest BCUT2D eigenvalue weighted by molar-refractivity contribution is 0.155. The molecular weight excluding hydrogens is 210 g/mol. The van der Waals surface area contributed by atoms with Gasteiger partial charge in [0.2, 0.25) is 0 Å². The summed E-state index contributed by atoms with van der Waals surface area (Å²) >= 11 is 0. The summed E-state index contributed by atoms with van der Waals surface area (Å²) in [6.45, 7) is 10.1. The number of aryl methyl sites for hydroxylation is 1. The molecule has 17 heavy (non-hydrogen) atoms. The van der Waals surface area contributed by atoms with Gasteiger partial charge in [0.15, 0.2) is 0 Å². The molecule has 0 saturated heterocycles. The molecule has 1 heterocycles. The topological polar surface area (TPSA) is 25.2 Å². The Morgan fingerprint density at radius 2 is 2.18 bits per heavy atom. The molecule has 1 aliphatic carbocycles.